The first kappa shape index (κ1) is 21.3. The molecule has 0 fully saturated rings. The van der Waals surface area contributed by atoms with Crippen molar-refractivity contribution in [3.63, 3.8) is 0 Å². The average molecular weight is 401 g/mol. The molecule has 154 valence electrons. The summed E-state index contributed by atoms with van der Waals surface area (Å²) >= 11 is 0. The van der Waals surface area contributed by atoms with Gasteiger partial charge in [-0.15, -0.1) is 0 Å². The van der Waals surface area contributed by atoms with Gasteiger partial charge in [0.25, 0.3) is 0 Å². The van der Waals surface area contributed by atoms with Gasteiger partial charge in [0, 0.05) is 6.42 Å². The van der Waals surface area contributed by atoms with Gasteiger partial charge in [-0.3, -0.25) is 9.59 Å². The SMILES string of the molecule is Cc1ccc(C[C@@H](NC(=O)C(C)(c2ccccc2)c2ccccc2)C(N)=O)cc1C. The molecule has 1 atom stereocenters. The molecule has 3 N–H and O–H groups in total. The molecule has 4 heteroatoms. The highest BCUT2D eigenvalue weighted by atomic mass is 16.2. The molecular formula is C26H28N2O2. The van der Waals surface area contributed by atoms with Gasteiger partial charge in [-0.05, 0) is 48.6 Å². The number of rotatable bonds is 7. The number of aryl methyl sites for hydroxylation is 2. The fourth-order valence-electron chi connectivity index (χ4n) is 3.66. The highest BCUT2D eigenvalue weighted by molar-refractivity contribution is 5.95. The Kier molecular flexibility index (Phi) is 6.36. The van der Waals surface area contributed by atoms with Crippen molar-refractivity contribution in [1.29, 1.82) is 0 Å². The number of nitrogens with two attached hydrogens (primary N) is 1. The molecule has 2 amide bonds. The molecule has 0 aliphatic carbocycles. The van der Waals surface area contributed by atoms with E-state index in [1.54, 1.807) is 0 Å². The Hall–Kier alpha value is -3.40. The van der Waals surface area contributed by atoms with E-state index in [4.69, 9.17) is 5.73 Å². The molecule has 0 bridgehead atoms. The summed E-state index contributed by atoms with van der Waals surface area (Å²) in [6, 6.07) is 24.4. The third-order valence-corrected chi connectivity index (χ3v) is 5.82. The molecule has 0 aromatic heterocycles. The number of hydrogen-bond donors (Lipinski definition) is 2. The molecule has 3 aromatic rings. The van der Waals surface area contributed by atoms with Crippen molar-refractivity contribution in [1.82, 2.24) is 5.32 Å². The minimum Gasteiger partial charge on any atom is -0.368 e. The lowest BCUT2D eigenvalue weighted by atomic mass is 9.75. The molecule has 3 aromatic carbocycles. The van der Waals surface area contributed by atoms with Gasteiger partial charge in [0.05, 0.1) is 5.41 Å². The number of benzene rings is 3. The van der Waals surface area contributed by atoms with Crippen molar-refractivity contribution < 1.29 is 9.59 Å². The van der Waals surface area contributed by atoms with Gasteiger partial charge in [-0.1, -0.05) is 78.9 Å². The van der Waals surface area contributed by atoms with Gasteiger partial charge >= 0.3 is 0 Å². The van der Waals surface area contributed by atoms with E-state index in [9.17, 15) is 9.59 Å². The van der Waals surface area contributed by atoms with Crippen molar-refractivity contribution in [2.75, 3.05) is 0 Å². The summed E-state index contributed by atoms with van der Waals surface area (Å²) in [4.78, 5) is 25.8. The smallest absolute Gasteiger partial charge is 0.240 e. The molecule has 0 saturated heterocycles. The molecule has 0 heterocycles. The van der Waals surface area contributed by atoms with E-state index < -0.39 is 17.4 Å². The number of carbonyl (C=O) groups is 2. The minimum absolute atomic E-state index is 0.257. The summed E-state index contributed by atoms with van der Waals surface area (Å²) < 4.78 is 0. The first-order valence-electron chi connectivity index (χ1n) is 10.1. The summed E-state index contributed by atoms with van der Waals surface area (Å²) in [5.74, 6) is -0.808. The molecule has 4 nitrogen and oxygen atoms in total. The zero-order valence-electron chi connectivity index (χ0n) is 17.7. The Labute approximate surface area is 178 Å². The van der Waals surface area contributed by atoms with Crippen molar-refractivity contribution in [3.8, 4) is 0 Å². The molecule has 0 unspecified atom stereocenters. The van der Waals surface area contributed by atoms with Crippen LogP contribution >= 0.6 is 0 Å². The molecular weight excluding hydrogens is 372 g/mol. The maximum absolute atomic E-state index is 13.6. The van der Waals surface area contributed by atoms with E-state index in [0.29, 0.717) is 6.42 Å². The van der Waals surface area contributed by atoms with E-state index >= 15 is 0 Å². The van der Waals surface area contributed by atoms with Crippen LogP contribution in [0.2, 0.25) is 0 Å². The van der Waals surface area contributed by atoms with E-state index in [2.05, 4.69) is 5.32 Å². The zero-order chi connectivity index (χ0) is 21.7. The second kappa shape index (κ2) is 8.95. The summed E-state index contributed by atoms with van der Waals surface area (Å²) in [7, 11) is 0. The lowest BCUT2D eigenvalue weighted by Crippen LogP contribution is -2.52. The number of nitrogens with one attached hydrogen (secondary N) is 1. The standard InChI is InChI=1S/C26H28N2O2/c1-18-14-15-20(16-19(18)2)17-23(24(27)29)28-25(30)26(3,21-10-6-4-7-11-21)22-12-8-5-9-13-22/h4-16,23H,17H2,1-3H3,(H2,27,29)(H,28,30)/t23-/m1/s1. The van der Waals surface area contributed by atoms with Gasteiger partial charge < -0.3 is 11.1 Å². The topological polar surface area (TPSA) is 72.2 Å². The van der Waals surface area contributed by atoms with Crippen molar-refractivity contribution in [2.45, 2.75) is 38.6 Å². The predicted molar refractivity (Wildman–Crippen MR) is 120 cm³/mol. The number of primary amides is 1. The Morgan fingerprint density at radius 2 is 1.40 bits per heavy atom. The van der Waals surface area contributed by atoms with Gasteiger partial charge in [-0.25, -0.2) is 0 Å². The van der Waals surface area contributed by atoms with Crippen LogP contribution in [-0.4, -0.2) is 17.9 Å². The van der Waals surface area contributed by atoms with Crippen molar-refractivity contribution in [3.05, 3.63) is 107 Å². The lowest BCUT2D eigenvalue weighted by molar-refractivity contribution is -0.129. The Morgan fingerprint density at radius 3 is 1.87 bits per heavy atom. The molecule has 0 radical (unpaired) electrons. The first-order valence-corrected chi connectivity index (χ1v) is 10.1. The van der Waals surface area contributed by atoms with E-state index in [0.717, 1.165) is 22.3 Å². The van der Waals surface area contributed by atoms with Crippen LogP contribution in [0, 0.1) is 13.8 Å². The van der Waals surface area contributed by atoms with Crippen LogP contribution in [0.1, 0.15) is 34.7 Å². The zero-order valence-corrected chi connectivity index (χ0v) is 17.7. The van der Waals surface area contributed by atoms with Crippen LogP contribution < -0.4 is 11.1 Å². The van der Waals surface area contributed by atoms with E-state index in [1.807, 2.05) is 99.6 Å². The van der Waals surface area contributed by atoms with Gasteiger partial charge in [0.15, 0.2) is 0 Å². The van der Waals surface area contributed by atoms with Crippen LogP contribution in [0.25, 0.3) is 0 Å². The molecule has 3 rings (SSSR count). The number of amides is 2. The van der Waals surface area contributed by atoms with Gasteiger partial charge in [-0.2, -0.15) is 0 Å². The van der Waals surface area contributed by atoms with E-state index in [1.165, 1.54) is 5.56 Å². The maximum atomic E-state index is 13.6. The molecule has 0 spiro atoms. The number of hydrogen-bond acceptors (Lipinski definition) is 2. The molecule has 0 saturated carbocycles. The maximum Gasteiger partial charge on any atom is 0.240 e. The first-order chi connectivity index (χ1) is 14.3. The predicted octanol–water partition coefficient (Wildman–Crippen LogP) is 3.82. The van der Waals surface area contributed by atoms with Crippen LogP contribution in [0.15, 0.2) is 78.9 Å². The minimum atomic E-state index is -0.959. The fourth-order valence-corrected chi connectivity index (χ4v) is 3.66. The molecule has 0 aliphatic heterocycles. The Morgan fingerprint density at radius 1 is 0.867 bits per heavy atom. The number of carbonyl (C=O) groups excluding carboxylic acids is 2. The van der Waals surface area contributed by atoms with Crippen molar-refractivity contribution in [2.24, 2.45) is 5.73 Å². The van der Waals surface area contributed by atoms with Crippen LogP contribution in [0.3, 0.4) is 0 Å². The summed E-state index contributed by atoms with van der Waals surface area (Å²) in [5.41, 5.74) is 9.69. The third-order valence-electron chi connectivity index (χ3n) is 5.82. The summed E-state index contributed by atoms with van der Waals surface area (Å²) in [6.07, 6.45) is 0.349. The Bertz CT molecular complexity index is 990. The quantitative estimate of drug-likeness (QED) is 0.633. The highest BCUT2D eigenvalue weighted by Crippen LogP contribution is 2.32. The second-order valence-electron chi connectivity index (χ2n) is 7.91. The second-order valence-corrected chi connectivity index (χ2v) is 7.91. The molecule has 0 aliphatic rings. The van der Waals surface area contributed by atoms with Crippen molar-refractivity contribution >= 4 is 11.8 Å². The Balaban J connectivity index is 1.93. The summed E-state index contributed by atoms with van der Waals surface area (Å²) in [6.45, 7) is 5.94. The third kappa shape index (κ3) is 4.43. The average Bonchev–Trinajstić information content (AvgIpc) is 2.76. The lowest BCUT2D eigenvalue weighted by Gasteiger charge is -2.31. The largest absolute Gasteiger partial charge is 0.368 e. The van der Waals surface area contributed by atoms with E-state index in [-0.39, 0.29) is 5.91 Å². The monoisotopic (exact) mass is 400 g/mol. The van der Waals surface area contributed by atoms with Gasteiger partial charge in [0.2, 0.25) is 11.8 Å². The van der Waals surface area contributed by atoms with Crippen LogP contribution in [0.4, 0.5) is 0 Å². The highest BCUT2D eigenvalue weighted by Gasteiger charge is 2.38. The summed E-state index contributed by atoms with van der Waals surface area (Å²) in [5, 5.41) is 2.92. The van der Waals surface area contributed by atoms with Crippen LogP contribution in [0.5, 0.6) is 0 Å². The molecule has 30 heavy (non-hydrogen) atoms. The normalized spacial score (nSPS) is 12.2. The van der Waals surface area contributed by atoms with Gasteiger partial charge in [0.1, 0.15) is 6.04 Å². The fraction of sp³-hybridized carbons (Fsp3) is 0.231. The van der Waals surface area contributed by atoms with Crippen LogP contribution in [-0.2, 0) is 21.4 Å².